The fraction of sp³-hybridized carbons (Fsp3) is 0.0909. The number of aromatic hydroxyl groups is 1. The van der Waals surface area contributed by atoms with Gasteiger partial charge in [0.1, 0.15) is 5.75 Å². The van der Waals surface area contributed by atoms with Crippen LogP contribution in [-0.2, 0) is 0 Å². The normalized spacial score (nSPS) is 10.2. The zero-order chi connectivity index (χ0) is 10.8. The summed E-state index contributed by atoms with van der Waals surface area (Å²) in [7, 11) is 0. The van der Waals surface area contributed by atoms with E-state index in [9.17, 15) is 9.90 Å². The average Bonchev–Trinajstić information content (AvgIpc) is 2.24. The molecular weight excluding hydrogens is 192 g/mol. The van der Waals surface area contributed by atoms with Crippen LogP contribution in [0.4, 0.5) is 0 Å². The quantitative estimate of drug-likeness (QED) is 0.735. The minimum atomic E-state index is -0.239. The lowest BCUT2D eigenvalue weighted by Crippen LogP contribution is -2.05. The monoisotopic (exact) mass is 202 g/mol. The van der Waals surface area contributed by atoms with Crippen LogP contribution in [0.1, 0.15) is 5.56 Å². The highest BCUT2D eigenvalue weighted by atomic mass is 16.3. The smallest absolute Gasteiger partial charge is 0.264 e. The molecule has 1 aromatic heterocycles. The molecule has 0 saturated carbocycles. The Kier molecular flexibility index (Phi) is 2.25. The topological polar surface area (TPSA) is 66.0 Å². The van der Waals surface area contributed by atoms with Gasteiger partial charge in [-0.25, -0.2) is 5.10 Å². The van der Waals surface area contributed by atoms with Crippen LogP contribution in [0.5, 0.6) is 5.75 Å². The van der Waals surface area contributed by atoms with E-state index in [0.29, 0.717) is 5.69 Å². The number of hydrogen-bond donors (Lipinski definition) is 2. The Morgan fingerprint density at radius 2 is 2.07 bits per heavy atom. The molecule has 1 aromatic carbocycles. The zero-order valence-electron chi connectivity index (χ0n) is 8.19. The molecule has 0 aliphatic carbocycles. The van der Waals surface area contributed by atoms with E-state index in [-0.39, 0.29) is 11.3 Å². The lowest BCUT2D eigenvalue weighted by Gasteiger charge is -2.05. The summed E-state index contributed by atoms with van der Waals surface area (Å²) >= 11 is 0. The molecule has 15 heavy (non-hydrogen) atoms. The van der Waals surface area contributed by atoms with Gasteiger partial charge in [0.15, 0.2) is 0 Å². The highest BCUT2D eigenvalue weighted by molar-refractivity contribution is 5.65. The molecule has 2 aromatic rings. The van der Waals surface area contributed by atoms with E-state index in [4.69, 9.17) is 0 Å². The second-order valence-electron chi connectivity index (χ2n) is 3.26. The van der Waals surface area contributed by atoms with Gasteiger partial charge in [-0.1, -0.05) is 12.1 Å². The number of rotatable bonds is 1. The fourth-order valence-corrected chi connectivity index (χ4v) is 1.40. The van der Waals surface area contributed by atoms with E-state index in [1.165, 1.54) is 6.07 Å². The molecule has 0 fully saturated rings. The van der Waals surface area contributed by atoms with Crippen LogP contribution in [0.3, 0.4) is 0 Å². The first kappa shape index (κ1) is 9.45. The maximum absolute atomic E-state index is 10.8. The number of phenolic OH excluding ortho intramolecular Hbond substituents is 1. The molecule has 0 atom stereocenters. The maximum atomic E-state index is 10.8. The van der Waals surface area contributed by atoms with Crippen molar-refractivity contribution >= 4 is 0 Å². The third kappa shape index (κ3) is 1.74. The molecule has 1 heterocycles. The lowest BCUT2D eigenvalue weighted by atomic mass is 10.0. The summed E-state index contributed by atoms with van der Waals surface area (Å²) in [5, 5.41) is 15.8. The summed E-state index contributed by atoms with van der Waals surface area (Å²) in [6, 6.07) is 8.23. The summed E-state index contributed by atoms with van der Waals surface area (Å²) in [4.78, 5) is 10.8. The molecule has 4 nitrogen and oxygen atoms in total. The number of hydrogen-bond acceptors (Lipinski definition) is 3. The van der Waals surface area contributed by atoms with Crippen LogP contribution in [0, 0.1) is 6.92 Å². The van der Waals surface area contributed by atoms with Crippen LogP contribution in [0.25, 0.3) is 11.3 Å². The van der Waals surface area contributed by atoms with Gasteiger partial charge in [0.05, 0.1) is 5.69 Å². The van der Waals surface area contributed by atoms with Gasteiger partial charge >= 0.3 is 0 Å². The number of benzene rings is 1. The molecule has 0 aliphatic rings. The summed E-state index contributed by atoms with van der Waals surface area (Å²) in [6.07, 6.45) is 0. The van der Waals surface area contributed by atoms with Crippen LogP contribution in [-0.4, -0.2) is 15.3 Å². The molecule has 4 heteroatoms. The van der Waals surface area contributed by atoms with E-state index < -0.39 is 0 Å². The van der Waals surface area contributed by atoms with Crippen molar-refractivity contribution in [2.24, 2.45) is 0 Å². The first-order chi connectivity index (χ1) is 7.18. The van der Waals surface area contributed by atoms with Crippen LogP contribution < -0.4 is 5.56 Å². The highest BCUT2D eigenvalue weighted by Crippen LogP contribution is 2.26. The summed E-state index contributed by atoms with van der Waals surface area (Å²) < 4.78 is 0. The van der Waals surface area contributed by atoms with Crippen LogP contribution in [0.2, 0.25) is 0 Å². The molecular formula is C11H10N2O2. The van der Waals surface area contributed by atoms with Crippen molar-refractivity contribution in [3.05, 3.63) is 46.2 Å². The summed E-state index contributed by atoms with van der Waals surface area (Å²) in [5.41, 5.74) is 1.96. The van der Waals surface area contributed by atoms with Gasteiger partial charge in [-0.2, -0.15) is 5.10 Å². The number of nitrogens with one attached hydrogen (secondary N) is 1. The van der Waals surface area contributed by atoms with Crippen molar-refractivity contribution in [2.75, 3.05) is 0 Å². The van der Waals surface area contributed by atoms with Crippen molar-refractivity contribution in [1.29, 1.82) is 0 Å². The standard InChI is InChI=1S/C11H10N2O2/c1-7-8(3-2-4-10(7)14)9-5-6-11(15)13-12-9/h2-6,14H,1H3,(H,13,15). The molecule has 0 spiro atoms. The van der Waals surface area contributed by atoms with E-state index >= 15 is 0 Å². The SMILES string of the molecule is Cc1c(O)cccc1-c1ccc(=O)[nH]n1. The summed E-state index contributed by atoms with van der Waals surface area (Å²) in [5.74, 6) is 0.223. The minimum Gasteiger partial charge on any atom is -0.508 e. The second-order valence-corrected chi connectivity index (χ2v) is 3.26. The van der Waals surface area contributed by atoms with Crippen LogP contribution >= 0.6 is 0 Å². The Bertz CT molecular complexity index is 526. The number of phenols is 1. The molecule has 0 unspecified atom stereocenters. The molecule has 2 rings (SSSR count). The molecule has 2 N–H and O–H groups in total. The van der Waals surface area contributed by atoms with Gasteiger partial charge in [0, 0.05) is 17.2 Å². The van der Waals surface area contributed by atoms with E-state index in [1.807, 2.05) is 6.07 Å². The first-order valence-electron chi connectivity index (χ1n) is 4.53. The second kappa shape index (κ2) is 3.57. The van der Waals surface area contributed by atoms with Gasteiger partial charge in [-0.15, -0.1) is 0 Å². The molecule has 0 aliphatic heterocycles. The number of nitrogens with zero attached hydrogens (tertiary/aromatic N) is 1. The molecule has 0 saturated heterocycles. The Morgan fingerprint density at radius 3 is 2.73 bits per heavy atom. The van der Waals surface area contributed by atoms with Gasteiger partial charge in [0.2, 0.25) is 0 Å². The van der Waals surface area contributed by atoms with Crippen molar-refractivity contribution in [3.63, 3.8) is 0 Å². The minimum absolute atomic E-state index is 0.223. The average molecular weight is 202 g/mol. The van der Waals surface area contributed by atoms with Crippen molar-refractivity contribution in [3.8, 4) is 17.0 Å². The number of aromatic amines is 1. The Labute approximate surface area is 86.2 Å². The van der Waals surface area contributed by atoms with Crippen molar-refractivity contribution in [2.45, 2.75) is 6.92 Å². The highest BCUT2D eigenvalue weighted by Gasteiger charge is 2.05. The van der Waals surface area contributed by atoms with Crippen molar-refractivity contribution < 1.29 is 5.11 Å². The van der Waals surface area contributed by atoms with Gasteiger partial charge in [-0.05, 0) is 19.1 Å². The number of aromatic nitrogens is 2. The van der Waals surface area contributed by atoms with Crippen LogP contribution in [0.15, 0.2) is 35.1 Å². The van der Waals surface area contributed by atoms with Crippen molar-refractivity contribution in [1.82, 2.24) is 10.2 Å². The van der Waals surface area contributed by atoms with Gasteiger partial charge in [-0.3, -0.25) is 4.79 Å². The maximum Gasteiger partial charge on any atom is 0.264 e. The van der Waals surface area contributed by atoms with E-state index in [2.05, 4.69) is 10.2 Å². The predicted octanol–water partition coefficient (Wildman–Crippen LogP) is 1.45. The first-order valence-corrected chi connectivity index (χ1v) is 4.53. The zero-order valence-corrected chi connectivity index (χ0v) is 8.19. The largest absolute Gasteiger partial charge is 0.508 e. The third-order valence-corrected chi connectivity index (χ3v) is 2.26. The molecule has 0 radical (unpaired) electrons. The molecule has 76 valence electrons. The number of H-pyrrole nitrogens is 1. The van der Waals surface area contributed by atoms with Gasteiger partial charge in [0.25, 0.3) is 5.56 Å². The predicted molar refractivity (Wildman–Crippen MR) is 56.7 cm³/mol. The Morgan fingerprint density at radius 1 is 1.27 bits per heavy atom. The summed E-state index contributed by atoms with van der Waals surface area (Å²) in [6.45, 7) is 1.80. The lowest BCUT2D eigenvalue weighted by molar-refractivity contribution is 0.471. The Balaban J connectivity index is 2.59. The Hall–Kier alpha value is -2.10. The van der Waals surface area contributed by atoms with E-state index in [1.54, 1.807) is 25.1 Å². The molecule has 0 amide bonds. The molecule has 0 bridgehead atoms. The van der Waals surface area contributed by atoms with Gasteiger partial charge < -0.3 is 5.11 Å². The van der Waals surface area contributed by atoms with E-state index in [0.717, 1.165) is 11.1 Å². The third-order valence-electron chi connectivity index (χ3n) is 2.26. The fourth-order valence-electron chi connectivity index (χ4n) is 1.40.